The summed E-state index contributed by atoms with van der Waals surface area (Å²) >= 11 is 0. The number of alkyl halides is 1. The number of anilines is 2. The molecule has 2 atom stereocenters. The molecule has 0 amide bonds. The summed E-state index contributed by atoms with van der Waals surface area (Å²) in [6.07, 6.45) is 0.201. The first-order valence-corrected chi connectivity index (χ1v) is 15.5. The zero-order valence-electron chi connectivity index (χ0n) is 23.7. The van der Waals surface area contributed by atoms with Crippen molar-refractivity contribution >= 4 is 32.5 Å². The van der Waals surface area contributed by atoms with E-state index in [2.05, 4.69) is 26.8 Å². The van der Waals surface area contributed by atoms with Crippen LogP contribution in [0.15, 0.2) is 65.7 Å². The number of hydrogen-bond donors (Lipinski definition) is 2. The number of aromatic nitrogens is 2. The van der Waals surface area contributed by atoms with Gasteiger partial charge in [-0.15, -0.1) is 0 Å². The topological polar surface area (TPSA) is 133 Å². The van der Waals surface area contributed by atoms with E-state index in [1.165, 1.54) is 29.1 Å². The first kappa shape index (κ1) is 29.5. The molecule has 44 heavy (non-hydrogen) atoms. The number of rotatable bonds is 7. The van der Waals surface area contributed by atoms with Crippen LogP contribution in [-0.2, 0) is 10.2 Å². The largest absolute Gasteiger partial charge is 0.453 e. The molecule has 2 fully saturated rings. The lowest BCUT2D eigenvalue weighted by atomic mass is 10.1. The van der Waals surface area contributed by atoms with Gasteiger partial charge >= 0.3 is 10.2 Å². The molecule has 1 aromatic heterocycles. The third-order valence-corrected chi connectivity index (χ3v) is 9.29. The highest BCUT2D eigenvalue weighted by Gasteiger charge is 2.32. The van der Waals surface area contributed by atoms with Gasteiger partial charge in [0.05, 0.1) is 22.3 Å². The number of nitrogens with zero attached hydrogens (tertiary/aromatic N) is 5. The number of nitriles is 1. The van der Waals surface area contributed by atoms with E-state index in [-0.39, 0.29) is 41.9 Å². The molecule has 2 N–H and O–H groups in total. The van der Waals surface area contributed by atoms with Crippen molar-refractivity contribution in [2.45, 2.75) is 25.6 Å². The van der Waals surface area contributed by atoms with E-state index in [9.17, 15) is 27.3 Å². The van der Waals surface area contributed by atoms with Gasteiger partial charge in [0.2, 0.25) is 0 Å². The Morgan fingerprint density at radius 1 is 1.11 bits per heavy atom. The summed E-state index contributed by atoms with van der Waals surface area (Å²) in [5.41, 5.74) is 1.01. The molecule has 0 bridgehead atoms. The summed E-state index contributed by atoms with van der Waals surface area (Å²) < 4.78 is 64.4. The van der Waals surface area contributed by atoms with Crippen molar-refractivity contribution in [2.24, 2.45) is 0 Å². The fraction of sp³-hybridized carbons (Fsp3) is 0.300. The van der Waals surface area contributed by atoms with Gasteiger partial charge in [0.1, 0.15) is 29.9 Å². The normalized spacial score (nSPS) is 19.2. The van der Waals surface area contributed by atoms with Gasteiger partial charge in [-0.25, -0.2) is 13.8 Å². The van der Waals surface area contributed by atoms with E-state index < -0.39 is 33.5 Å². The maximum Gasteiger partial charge on any atom is 0.301 e. The van der Waals surface area contributed by atoms with Crippen LogP contribution in [0.5, 0.6) is 11.5 Å². The van der Waals surface area contributed by atoms with E-state index in [4.69, 9.17) is 4.74 Å². The number of piperazine rings is 1. The molecular formula is C30H29F2N7O4S. The van der Waals surface area contributed by atoms with Crippen LogP contribution >= 0.6 is 0 Å². The van der Waals surface area contributed by atoms with Crippen molar-refractivity contribution in [1.82, 2.24) is 19.2 Å². The number of ether oxygens (including phenoxy) is 1. The van der Waals surface area contributed by atoms with Crippen molar-refractivity contribution in [2.75, 3.05) is 42.3 Å². The van der Waals surface area contributed by atoms with Crippen LogP contribution in [0.2, 0.25) is 0 Å². The molecule has 14 heteroatoms. The fourth-order valence-electron chi connectivity index (χ4n) is 5.46. The van der Waals surface area contributed by atoms with Gasteiger partial charge in [-0.3, -0.25) is 14.1 Å². The maximum absolute atomic E-state index is 15.0. The number of hydrogen-bond acceptors (Lipinski definition) is 8. The van der Waals surface area contributed by atoms with Crippen LogP contribution < -0.4 is 25.2 Å². The highest BCUT2D eigenvalue weighted by molar-refractivity contribution is 7.90. The predicted molar refractivity (Wildman–Crippen MR) is 162 cm³/mol. The highest BCUT2D eigenvalue weighted by Crippen LogP contribution is 2.34. The lowest BCUT2D eigenvalue weighted by molar-refractivity contribution is 0.343. The van der Waals surface area contributed by atoms with Crippen LogP contribution in [0.25, 0.3) is 16.6 Å². The fourth-order valence-corrected chi connectivity index (χ4v) is 6.74. The summed E-state index contributed by atoms with van der Waals surface area (Å²) in [4.78, 5) is 20.2. The van der Waals surface area contributed by atoms with Gasteiger partial charge in [0.15, 0.2) is 11.6 Å². The van der Waals surface area contributed by atoms with Crippen molar-refractivity contribution in [3.8, 4) is 23.3 Å². The Hall–Kier alpha value is -4.58. The van der Waals surface area contributed by atoms with E-state index >= 15 is 0 Å². The molecule has 2 aliphatic rings. The average molecular weight is 622 g/mol. The first-order valence-electron chi connectivity index (χ1n) is 14.1. The van der Waals surface area contributed by atoms with Crippen LogP contribution in [0, 0.1) is 17.1 Å². The molecule has 0 aliphatic carbocycles. The van der Waals surface area contributed by atoms with Crippen LogP contribution in [-0.4, -0.2) is 67.2 Å². The van der Waals surface area contributed by atoms with E-state index in [0.717, 1.165) is 41.8 Å². The molecule has 2 aliphatic heterocycles. The summed E-state index contributed by atoms with van der Waals surface area (Å²) in [5.74, 6) is -1.41. The van der Waals surface area contributed by atoms with Gasteiger partial charge in [0.25, 0.3) is 5.56 Å². The number of halogens is 2. The Kier molecular flexibility index (Phi) is 7.93. The molecule has 0 radical (unpaired) electrons. The number of nitrogens with one attached hydrogen (secondary N) is 2. The van der Waals surface area contributed by atoms with E-state index in [1.54, 1.807) is 6.07 Å². The molecule has 0 saturated carbocycles. The minimum Gasteiger partial charge on any atom is -0.453 e. The SMILES string of the molecule is C[C@H]1CNCCN1c1ccc(-n2cnc3ccc(Oc4c(F)ccc(NS(=O)(=O)N5CC[C@@H](F)C5)c4C#N)cc3c2=O)cc1. The Labute approximate surface area is 252 Å². The molecule has 4 aromatic rings. The molecule has 2 saturated heterocycles. The molecule has 6 rings (SSSR count). The molecule has 0 spiro atoms. The van der Waals surface area contributed by atoms with Crippen LogP contribution in [0.4, 0.5) is 20.2 Å². The summed E-state index contributed by atoms with van der Waals surface area (Å²) in [6, 6.07) is 16.2. The maximum atomic E-state index is 15.0. The second kappa shape index (κ2) is 11.8. The zero-order chi connectivity index (χ0) is 31.0. The van der Waals surface area contributed by atoms with Gasteiger partial charge in [-0.1, -0.05) is 0 Å². The average Bonchev–Trinajstić information content (AvgIpc) is 3.47. The first-order chi connectivity index (χ1) is 21.1. The lowest BCUT2D eigenvalue weighted by Crippen LogP contribution is -2.49. The zero-order valence-corrected chi connectivity index (χ0v) is 24.5. The minimum atomic E-state index is -4.20. The number of benzene rings is 3. The smallest absolute Gasteiger partial charge is 0.301 e. The van der Waals surface area contributed by atoms with E-state index in [0.29, 0.717) is 17.2 Å². The lowest BCUT2D eigenvalue weighted by Gasteiger charge is -2.36. The van der Waals surface area contributed by atoms with Crippen molar-refractivity contribution in [3.05, 3.63) is 82.7 Å². The Morgan fingerprint density at radius 3 is 2.59 bits per heavy atom. The summed E-state index contributed by atoms with van der Waals surface area (Å²) in [5, 5.41) is 13.4. The van der Waals surface area contributed by atoms with Crippen molar-refractivity contribution < 1.29 is 21.9 Å². The molecule has 3 heterocycles. The summed E-state index contributed by atoms with van der Waals surface area (Å²) in [6.45, 7) is 4.47. The molecule has 3 aromatic carbocycles. The molecular weight excluding hydrogens is 592 g/mol. The highest BCUT2D eigenvalue weighted by atomic mass is 32.2. The standard InChI is InChI=1S/C30H29F2N7O4S/c1-19-16-34-11-13-38(19)21-2-4-22(5-3-21)39-18-35-27-8-6-23(14-24(27)30(39)40)43-29-25(15-33)28(9-7-26(29)32)36-44(41,42)37-12-10-20(31)17-37/h2-9,14,18-20,34,36H,10-13,16-17H2,1H3/t19-,20+/m0/s1. The third kappa shape index (κ3) is 5.69. The monoisotopic (exact) mass is 621 g/mol. The molecule has 228 valence electrons. The second-order valence-electron chi connectivity index (χ2n) is 10.7. The van der Waals surface area contributed by atoms with Gasteiger partial charge in [-0.2, -0.15) is 18.0 Å². The van der Waals surface area contributed by atoms with Gasteiger partial charge in [-0.05, 0) is 67.9 Å². The van der Waals surface area contributed by atoms with Gasteiger partial charge < -0.3 is 15.0 Å². The molecule has 0 unspecified atom stereocenters. The minimum absolute atomic E-state index is 0.0227. The van der Waals surface area contributed by atoms with Crippen LogP contribution in [0.1, 0.15) is 18.9 Å². The quantitative estimate of drug-likeness (QED) is 0.320. The van der Waals surface area contributed by atoms with E-state index in [1.807, 2.05) is 24.3 Å². The third-order valence-electron chi connectivity index (χ3n) is 7.80. The molecule has 11 nitrogen and oxygen atoms in total. The van der Waals surface area contributed by atoms with Crippen molar-refractivity contribution in [1.29, 1.82) is 5.26 Å². The summed E-state index contributed by atoms with van der Waals surface area (Å²) in [7, 11) is -4.20. The second-order valence-corrected chi connectivity index (χ2v) is 12.4. The Morgan fingerprint density at radius 2 is 1.89 bits per heavy atom. The number of fused-ring (bicyclic) bond motifs is 1. The van der Waals surface area contributed by atoms with Crippen molar-refractivity contribution in [3.63, 3.8) is 0 Å². The van der Waals surface area contributed by atoms with Crippen LogP contribution in [0.3, 0.4) is 0 Å². The Bertz CT molecular complexity index is 1930. The predicted octanol–water partition coefficient (Wildman–Crippen LogP) is 3.69. The van der Waals surface area contributed by atoms with Gasteiger partial charge in [0, 0.05) is 44.5 Å². The Balaban J connectivity index is 1.29.